The van der Waals surface area contributed by atoms with Crippen LogP contribution in [-0.2, 0) is 17.8 Å². The highest BCUT2D eigenvalue weighted by atomic mass is 32.2. The number of carbonyl (C=O) groups is 1. The molecule has 4 aromatic rings. The zero-order valence-corrected chi connectivity index (χ0v) is 18.5. The predicted octanol–water partition coefficient (Wildman–Crippen LogP) is 4.85. The van der Waals surface area contributed by atoms with E-state index in [-0.39, 0.29) is 17.3 Å². The molecule has 0 unspecified atom stereocenters. The predicted molar refractivity (Wildman–Crippen MR) is 129 cm³/mol. The van der Waals surface area contributed by atoms with Crippen molar-refractivity contribution in [1.29, 1.82) is 0 Å². The Morgan fingerprint density at radius 1 is 1.12 bits per heavy atom. The van der Waals surface area contributed by atoms with Gasteiger partial charge in [0.25, 0.3) is 5.69 Å². The van der Waals surface area contributed by atoms with Crippen LogP contribution in [0.2, 0.25) is 0 Å². The summed E-state index contributed by atoms with van der Waals surface area (Å²) in [4.78, 5) is 22.8. The molecule has 1 aromatic heterocycles. The van der Waals surface area contributed by atoms with E-state index in [1.807, 2.05) is 22.8 Å². The number of carbonyl (C=O) groups excluding carboxylic acids is 1. The molecule has 3 aromatic carbocycles. The van der Waals surface area contributed by atoms with E-state index in [0.717, 1.165) is 16.8 Å². The first kappa shape index (κ1) is 22.2. The molecule has 0 aliphatic carbocycles. The maximum atomic E-state index is 12.4. The second-order valence-corrected chi connectivity index (χ2v) is 8.20. The fourth-order valence-corrected chi connectivity index (χ4v) is 4.28. The van der Waals surface area contributed by atoms with Crippen LogP contribution in [0.3, 0.4) is 0 Å². The number of amides is 1. The van der Waals surface area contributed by atoms with Crippen LogP contribution in [0.4, 0.5) is 11.4 Å². The molecule has 1 amide bonds. The molecule has 33 heavy (non-hydrogen) atoms. The Labute approximate surface area is 194 Å². The van der Waals surface area contributed by atoms with E-state index in [0.29, 0.717) is 23.8 Å². The standard InChI is InChI=1S/C24H21N5O3S/c1-2-13-28-22(14-18-9-5-8-17-7-3-4-12-21(17)18)26-27-24(28)33-16-23(30)25-19-10-6-11-20(15-19)29(31)32/h2-12,15H,1,13-14,16H2,(H,25,30). The van der Waals surface area contributed by atoms with Gasteiger partial charge >= 0.3 is 0 Å². The van der Waals surface area contributed by atoms with E-state index in [9.17, 15) is 14.9 Å². The smallest absolute Gasteiger partial charge is 0.271 e. The molecular formula is C24H21N5O3S. The molecule has 0 bridgehead atoms. The number of rotatable bonds is 9. The fraction of sp³-hybridized carbons (Fsp3) is 0.125. The summed E-state index contributed by atoms with van der Waals surface area (Å²) in [6, 6.07) is 20.2. The van der Waals surface area contributed by atoms with Gasteiger partial charge in [-0.25, -0.2) is 0 Å². The third-order valence-electron chi connectivity index (χ3n) is 5.01. The first-order valence-electron chi connectivity index (χ1n) is 10.2. The maximum Gasteiger partial charge on any atom is 0.271 e. The van der Waals surface area contributed by atoms with Crippen molar-refractivity contribution in [1.82, 2.24) is 14.8 Å². The molecule has 0 fully saturated rings. The summed E-state index contributed by atoms with van der Waals surface area (Å²) in [7, 11) is 0. The normalized spacial score (nSPS) is 10.8. The number of nitro groups is 1. The van der Waals surface area contributed by atoms with E-state index in [4.69, 9.17) is 0 Å². The van der Waals surface area contributed by atoms with Crippen LogP contribution < -0.4 is 5.32 Å². The largest absolute Gasteiger partial charge is 0.325 e. The third kappa shape index (κ3) is 5.27. The fourth-order valence-electron chi connectivity index (χ4n) is 3.51. The number of non-ortho nitro benzene ring substituents is 1. The summed E-state index contributed by atoms with van der Waals surface area (Å²) >= 11 is 1.26. The average molecular weight is 460 g/mol. The van der Waals surface area contributed by atoms with Crippen LogP contribution in [0.25, 0.3) is 10.8 Å². The summed E-state index contributed by atoms with van der Waals surface area (Å²) in [6.07, 6.45) is 2.37. The SMILES string of the molecule is C=CCn1c(Cc2cccc3ccccc23)nnc1SCC(=O)Nc1cccc([N+](=O)[O-])c1. The van der Waals surface area contributed by atoms with E-state index in [1.165, 1.54) is 35.3 Å². The lowest BCUT2D eigenvalue weighted by atomic mass is 10.0. The Hall–Kier alpha value is -3.98. The zero-order chi connectivity index (χ0) is 23.2. The number of anilines is 1. The van der Waals surface area contributed by atoms with Gasteiger partial charge < -0.3 is 9.88 Å². The number of nitrogens with zero attached hydrogens (tertiary/aromatic N) is 4. The molecule has 0 aliphatic heterocycles. The average Bonchev–Trinajstić information content (AvgIpc) is 3.19. The van der Waals surface area contributed by atoms with Gasteiger partial charge in [0, 0.05) is 30.8 Å². The van der Waals surface area contributed by atoms with Gasteiger partial charge in [-0.15, -0.1) is 16.8 Å². The van der Waals surface area contributed by atoms with Gasteiger partial charge in [0.2, 0.25) is 5.91 Å². The molecule has 0 radical (unpaired) electrons. The van der Waals surface area contributed by atoms with Crippen LogP contribution in [0.5, 0.6) is 0 Å². The lowest BCUT2D eigenvalue weighted by Gasteiger charge is -2.10. The van der Waals surface area contributed by atoms with Crippen molar-refractivity contribution < 1.29 is 9.72 Å². The van der Waals surface area contributed by atoms with Crippen LogP contribution in [-0.4, -0.2) is 31.3 Å². The Kier molecular flexibility index (Phi) is 6.80. The summed E-state index contributed by atoms with van der Waals surface area (Å²) < 4.78 is 1.94. The minimum Gasteiger partial charge on any atom is -0.325 e. The highest BCUT2D eigenvalue weighted by Crippen LogP contribution is 2.24. The molecule has 9 heteroatoms. The van der Waals surface area contributed by atoms with E-state index in [1.54, 1.807) is 12.1 Å². The number of nitro benzene ring substituents is 1. The number of fused-ring (bicyclic) bond motifs is 1. The van der Waals surface area contributed by atoms with E-state index >= 15 is 0 Å². The quantitative estimate of drug-likeness (QED) is 0.166. The number of hydrogen-bond donors (Lipinski definition) is 1. The van der Waals surface area contributed by atoms with Crippen molar-refractivity contribution in [2.24, 2.45) is 0 Å². The molecule has 166 valence electrons. The Balaban J connectivity index is 1.47. The molecule has 0 spiro atoms. The minimum atomic E-state index is -0.500. The summed E-state index contributed by atoms with van der Waals surface area (Å²) in [5, 5.41) is 25.2. The van der Waals surface area contributed by atoms with E-state index < -0.39 is 4.92 Å². The molecule has 1 N–H and O–H groups in total. The Morgan fingerprint density at radius 3 is 2.73 bits per heavy atom. The van der Waals surface area contributed by atoms with Crippen LogP contribution in [0.1, 0.15) is 11.4 Å². The van der Waals surface area contributed by atoms with Gasteiger partial charge in [-0.2, -0.15) is 0 Å². The van der Waals surface area contributed by atoms with Gasteiger partial charge in [-0.05, 0) is 22.4 Å². The Bertz CT molecular complexity index is 1330. The number of benzene rings is 3. The van der Waals surface area contributed by atoms with Crippen LogP contribution >= 0.6 is 11.8 Å². The van der Waals surface area contributed by atoms with Crippen molar-refractivity contribution in [2.45, 2.75) is 18.1 Å². The lowest BCUT2D eigenvalue weighted by Crippen LogP contribution is -2.15. The van der Waals surface area contributed by atoms with E-state index in [2.05, 4.69) is 46.4 Å². The molecule has 0 aliphatic rings. The number of nitrogens with one attached hydrogen (secondary N) is 1. The molecular weight excluding hydrogens is 438 g/mol. The monoisotopic (exact) mass is 459 g/mol. The van der Waals surface area contributed by atoms with Gasteiger partial charge in [-0.1, -0.05) is 66.4 Å². The van der Waals surface area contributed by atoms with Gasteiger partial charge in [0.1, 0.15) is 5.82 Å². The highest BCUT2D eigenvalue weighted by Gasteiger charge is 2.15. The minimum absolute atomic E-state index is 0.0794. The number of thioether (sulfide) groups is 1. The van der Waals surface area contributed by atoms with Crippen LogP contribution in [0.15, 0.2) is 84.5 Å². The third-order valence-corrected chi connectivity index (χ3v) is 5.97. The van der Waals surface area contributed by atoms with Gasteiger partial charge in [0.15, 0.2) is 5.16 Å². The molecule has 8 nitrogen and oxygen atoms in total. The first-order valence-corrected chi connectivity index (χ1v) is 11.2. The highest BCUT2D eigenvalue weighted by molar-refractivity contribution is 7.99. The van der Waals surface area contributed by atoms with Crippen molar-refractivity contribution in [3.8, 4) is 0 Å². The van der Waals surface area contributed by atoms with Crippen LogP contribution in [0, 0.1) is 10.1 Å². The van der Waals surface area contributed by atoms with Gasteiger partial charge in [0.05, 0.1) is 10.7 Å². The lowest BCUT2D eigenvalue weighted by molar-refractivity contribution is -0.384. The maximum absolute atomic E-state index is 12.4. The van der Waals surface area contributed by atoms with Crippen molar-refractivity contribution in [2.75, 3.05) is 11.1 Å². The molecule has 4 rings (SSSR count). The van der Waals surface area contributed by atoms with Crippen molar-refractivity contribution >= 4 is 39.8 Å². The molecule has 0 atom stereocenters. The summed E-state index contributed by atoms with van der Waals surface area (Å²) in [6.45, 7) is 4.34. The zero-order valence-electron chi connectivity index (χ0n) is 17.7. The summed E-state index contributed by atoms with van der Waals surface area (Å²) in [5.41, 5.74) is 1.44. The van der Waals surface area contributed by atoms with Crippen molar-refractivity contribution in [3.63, 3.8) is 0 Å². The summed E-state index contributed by atoms with van der Waals surface area (Å²) in [5.74, 6) is 0.587. The molecule has 0 saturated heterocycles. The second kappa shape index (κ2) is 10.1. The topological polar surface area (TPSA) is 103 Å². The molecule has 1 heterocycles. The Morgan fingerprint density at radius 2 is 1.91 bits per heavy atom. The number of aromatic nitrogens is 3. The van der Waals surface area contributed by atoms with Crippen molar-refractivity contribution in [3.05, 3.63) is 101 Å². The first-order chi connectivity index (χ1) is 16.0. The second-order valence-electron chi connectivity index (χ2n) is 7.26. The number of allylic oxidation sites excluding steroid dienone is 1. The van der Waals surface area contributed by atoms with Gasteiger partial charge in [-0.3, -0.25) is 14.9 Å². The number of hydrogen-bond acceptors (Lipinski definition) is 6. The molecule has 0 saturated carbocycles.